The Morgan fingerprint density at radius 2 is 2.22 bits per heavy atom. The van der Waals surface area contributed by atoms with E-state index in [1.807, 2.05) is 6.92 Å². The third-order valence-electron chi connectivity index (χ3n) is 4.39. The largest absolute Gasteiger partial charge is 0.469 e. The molecule has 1 aromatic heterocycles. The molecular formula is C14H20N2O2. The molecule has 2 aliphatic rings. The zero-order valence-corrected chi connectivity index (χ0v) is 10.7. The van der Waals surface area contributed by atoms with Gasteiger partial charge in [-0.2, -0.15) is 0 Å². The topological polar surface area (TPSA) is 54.3 Å². The molecule has 0 aromatic carbocycles. The molecule has 2 fully saturated rings. The van der Waals surface area contributed by atoms with Crippen LogP contribution in [0.5, 0.6) is 0 Å². The monoisotopic (exact) mass is 248 g/mol. The van der Waals surface area contributed by atoms with Crippen molar-refractivity contribution < 1.29 is 9.21 Å². The van der Waals surface area contributed by atoms with Gasteiger partial charge < -0.3 is 15.1 Å². The van der Waals surface area contributed by atoms with E-state index in [2.05, 4.69) is 10.6 Å². The standard InChI is InChI=1S/C14H20N2O2/c1-9-13(4-5-18-9)14(17)16-12-3-2-10-7-15-8-11(10)6-12/h4-5,10-12,15H,2-3,6-8H2,1H3,(H,16,17)/t10-,11+,12?/m0/s1. The molecule has 0 spiro atoms. The molecule has 3 rings (SSSR count). The van der Waals surface area contributed by atoms with Crippen molar-refractivity contribution in [1.29, 1.82) is 0 Å². The highest BCUT2D eigenvalue weighted by Crippen LogP contribution is 2.32. The average molecular weight is 248 g/mol. The van der Waals surface area contributed by atoms with Crippen LogP contribution in [0.2, 0.25) is 0 Å². The van der Waals surface area contributed by atoms with Gasteiger partial charge in [0.2, 0.25) is 0 Å². The average Bonchev–Trinajstić information content (AvgIpc) is 2.96. The zero-order chi connectivity index (χ0) is 12.5. The summed E-state index contributed by atoms with van der Waals surface area (Å²) >= 11 is 0. The summed E-state index contributed by atoms with van der Waals surface area (Å²) in [7, 11) is 0. The predicted octanol–water partition coefficient (Wildman–Crippen LogP) is 1.71. The molecular weight excluding hydrogens is 228 g/mol. The van der Waals surface area contributed by atoms with Crippen molar-refractivity contribution >= 4 is 5.91 Å². The van der Waals surface area contributed by atoms with E-state index in [4.69, 9.17) is 4.42 Å². The van der Waals surface area contributed by atoms with Crippen LogP contribution in [-0.2, 0) is 0 Å². The van der Waals surface area contributed by atoms with Gasteiger partial charge in [0.1, 0.15) is 5.76 Å². The SMILES string of the molecule is Cc1occc1C(=O)NC1CC[C@H]2CNC[C@H]2C1. The lowest BCUT2D eigenvalue weighted by molar-refractivity contribution is 0.0912. The number of rotatable bonds is 2. The van der Waals surface area contributed by atoms with E-state index in [1.54, 1.807) is 12.3 Å². The molecule has 3 atom stereocenters. The van der Waals surface area contributed by atoms with Crippen molar-refractivity contribution in [3.05, 3.63) is 23.7 Å². The quantitative estimate of drug-likeness (QED) is 0.837. The zero-order valence-electron chi connectivity index (χ0n) is 10.7. The minimum Gasteiger partial charge on any atom is -0.469 e. The summed E-state index contributed by atoms with van der Waals surface area (Å²) in [6.45, 7) is 4.10. The van der Waals surface area contributed by atoms with E-state index in [9.17, 15) is 4.79 Å². The van der Waals surface area contributed by atoms with Gasteiger partial charge in [-0.25, -0.2) is 0 Å². The first-order valence-corrected chi connectivity index (χ1v) is 6.79. The summed E-state index contributed by atoms with van der Waals surface area (Å²) in [4.78, 5) is 12.1. The molecule has 2 heterocycles. The smallest absolute Gasteiger partial charge is 0.255 e. The highest BCUT2D eigenvalue weighted by atomic mass is 16.3. The first-order chi connectivity index (χ1) is 8.74. The maximum absolute atomic E-state index is 12.1. The van der Waals surface area contributed by atoms with E-state index in [-0.39, 0.29) is 5.91 Å². The molecule has 4 heteroatoms. The van der Waals surface area contributed by atoms with Crippen LogP contribution >= 0.6 is 0 Å². The normalized spacial score (nSPS) is 31.1. The molecule has 1 aliphatic heterocycles. The van der Waals surface area contributed by atoms with Gasteiger partial charge in [-0.3, -0.25) is 4.79 Å². The van der Waals surface area contributed by atoms with Crippen LogP contribution in [0, 0.1) is 18.8 Å². The lowest BCUT2D eigenvalue weighted by Gasteiger charge is -2.31. The van der Waals surface area contributed by atoms with Crippen molar-refractivity contribution in [2.24, 2.45) is 11.8 Å². The van der Waals surface area contributed by atoms with E-state index < -0.39 is 0 Å². The number of aryl methyl sites for hydroxylation is 1. The van der Waals surface area contributed by atoms with Crippen molar-refractivity contribution in [3.8, 4) is 0 Å². The Kier molecular flexibility index (Phi) is 3.12. The molecule has 2 N–H and O–H groups in total. The van der Waals surface area contributed by atoms with Gasteiger partial charge in [0.15, 0.2) is 0 Å². The molecule has 1 saturated carbocycles. The fourth-order valence-electron chi connectivity index (χ4n) is 3.31. The summed E-state index contributed by atoms with van der Waals surface area (Å²) in [5.74, 6) is 2.28. The van der Waals surface area contributed by atoms with Gasteiger partial charge in [0.05, 0.1) is 11.8 Å². The van der Waals surface area contributed by atoms with Gasteiger partial charge >= 0.3 is 0 Å². The molecule has 0 radical (unpaired) electrons. The number of hydrogen-bond acceptors (Lipinski definition) is 3. The molecule has 1 aromatic rings. The first-order valence-electron chi connectivity index (χ1n) is 6.79. The predicted molar refractivity (Wildman–Crippen MR) is 68.4 cm³/mol. The highest BCUT2D eigenvalue weighted by Gasteiger charge is 2.34. The molecule has 18 heavy (non-hydrogen) atoms. The Balaban J connectivity index is 1.60. The van der Waals surface area contributed by atoms with Crippen LogP contribution in [0.1, 0.15) is 35.4 Å². The number of fused-ring (bicyclic) bond motifs is 1. The second-order valence-corrected chi connectivity index (χ2v) is 5.55. The molecule has 1 aliphatic carbocycles. The summed E-state index contributed by atoms with van der Waals surface area (Å²) in [6, 6.07) is 2.07. The molecule has 1 unspecified atom stereocenters. The van der Waals surface area contributed by atoms with Gasteiger partial charge in [0.25, 0.3) is 5.91 Å². The van der Waals surface area contributed by atoms with Crippen LogP contribution in [-0.4, -0.2) is 25.0 Å². The maximum atomic E-state index is 12.1. The fraction of sp³-hybridized carbons (Fsp3) is 0.643. The molecule has 1 saturated heterocycles. The van der Waals surface area contributed by atoms with E-state index in [0.717, 1.165) is 37.8 Å². The van der Waals surface area contributed by atoms with Crippen LogP contribution < -0.4 is 10.6 Å². The molecule has 1 amide bonds. The Bertz CT molecular complexity index is 441. The number of amides is 1. The Hall–Kier alpha value is -1.29. The Morgan fingerprint density at radius 3 is 3.00 bits per heavy atom. The molecule has 0 bridgehead atoms. The minimum absolute atomic E-state index is 0.00987. The van der Waals surface area contributed by atoms with E-state index in [0.29, 0.717) is 17.4 Å². The Labute approximate surface area is 107 Å². The van der Waals surface area contributed by atoms with Crippen LogP contribution in [0.25, 0.3) is 0 Å². The van der Waals surface area contributed by atoms with Gasteiger partial charge in [-0.15, -0.1) is 0 Å². The molecule has 4 nitrogen and oxygen atoms in total. The lowest BCUT2D eigenvalue weighted by atomic mass is 9.79. The van der Waals surface area contributed by atoms with Gasteiger partial charge in [-0.1, -0.05) is 0 Å². The van der Waals surface area contributed by atoms with Crippen molar-refractivity contribution in [1.82, 2.24) is 10.6 Å². The number of hydrogen-bond donors (Lipinski definition) is 2. The summed E-state index contributed by atoms with van der Waals surface area (Å²) in [5.41, 5.74) is 0.668. The minimum atomic E-state index is 0.00987. The summed E-state index contributed by atoms with van der Waals surface area (Å²) in [5, 5.41) is 6.60. The first kappa shape index (κ1) is 11.8. The Morgan fingerprint density at radius 1 is 1.39 bits per heavy atom. The van der Waals surface area contributed by atoms with Crippen LogP contribution in [0.3, 0.4) is 0 Å². The highest BCUT2D eigenvalue weighted by molar-refractivity contribution is 5.95. The molecule has 98 valence electrons. The van der Waals surface area contributed by atoms with Crippen LogP contribution in [0.4, 0.5) is 0 Å². The second kappa shape index (κ2) is 4.76. The van der Waals surface area contributed by atoms with E-state index >= 15 is 0 Å². The summed E-state index contributed by atoms with van der Waals surface area (Å²) < 4.78 is 5.17. The lowest BCUT2D eigenvalue weighted by Crippen LogP contribution is -2.40. The van der Waals surface area contributed by atoms with Crippen molar-refractivity contribution in [2.45, 2.75) is 32.2 Å². The number of carbonyl (C=O) groups is 1. The van der Waals surface area contributed by atoms with Crippen LogP contribution in [0.15, 0.2) is 16.7 Å². The third kappa shape index (κ3) is 2.17. The number of furan rings is 1. The maximum Gasteiger partial charge on any atom is 0.255 e. The van der Waals surface area contributed by atoms with Gasteiger partial charge in [0, 0.05) is 6.04 Å². The second-order valence-electron chi connectivity index (χ2n) is 5.55. The number of carbonyl (C=O) groups excluding carboxylic acids is 1. The van der Waals surface area contributed by atoms with Gasteiger partial charge in [-0.05, 0) is 57.2 Å². The van der Waals surface area contributed by atoms with Crippen molar-refractivity contribution in [3.63, 3.8) is 0 Å². The number of nitrogens with one attached hydrogen (secondary N) is 2. The fourth-order valence-corrected chi connectivity index (χ4v) is 3.31. The third-order valence-corrected chi connectivity index (χ3v) is 4.39. The van der Waals surface area contributed by atoms with E-state index in [1.165, 1.54) is 6.42 Å². The van der Waals surface area contributed by atoms with Crippen molar-refractivity contribution in [2.75, 3.05) is 13.1 Å². The summed E-state index contributed by atoms with van der Waals surface area (Å²) in [6.07, 6.45) is 5.01.